The van der Waals surface area contributed by atoms with E-state index in [1.54, 1.807) is 24.3 Å². The number of anilines is 1. The largest absolute Gasteiger partial charge is 0.457 e. The van der Waals surface area contributed by atoms with Crippen LogP contribution in [0.1, 0.15) is 11.3 Å². The molecule has 1 saturated heterocycles. The number of benzene rings is 2. The Kier molecular flexibility index (Phi) is 6.23. The van der Waals surface area contributed by atoms with Gasteiger partial charge in [-0.05, 0) is 61.2 Å². The highest BCUT2D eigenvalue weighted by Crippen LogP contribution is 2.35. The average molecular weight is 498 g/mol. The quantitative estimate of drug-likeness (QED) is 0.394. The van der Waals surface area contributed by atoms with Crippen LogP contribution in [0, 0.1) is 6.92 Å². The molecule has 3 aromatic rings. The van der Waals surface area contributed by atoms with Gasteiger partial charge in [-0.2, -0.15) is 4.99 Å². The molecule has 0 unspecified atom stereocenters. The second-order valence-corrected chi connectivity index (χ2v) is 9.80. The summed E-state index contributed by atoms with van der Waals surface area (Å²) in [7, 11) is 0. The summed E-state index contributed by atoms with van der Waals surface area (Å²) < 4.78 is 5.91. The van der Waals surface area contributed by atoms with Crippen molar-refractivity contribution in [2.75, 3.05) is 31.1 Å². The number of carbonyl (C=O) groups excluding carboxylic acids is 1. The summed E-state index contributed by atoms with van der Waals surface area (Å²) in [5.41, 5.74) is 3.19. The number of furan rings is 1. The first-order valence-electron chi connectivity index (χ1n) is 10.6. The van der Waals surface area contributed by atoms with Crippen LogP contribution >= 0.6 is 35.0 Å². The van der Waals surface area contributed by atoms with Crippen LogP contribution in [0.3, 0.4) is 0 Å². The topological polar surface area (TPSA) is 49.0 Å². The molecule has 2 aromatic carbocycles. The Hall–Kier alpha value is -2.67. The Morgan fingerprint density at radius 3 is 2.45 bits per heavy atom. The minimum Gasteiger partial charge on any atom is -0.457 e. The fourth-order valence-electron chi connectivity index (χ4n) is 3.84. The molecule has 1 fully saturated rings. The molecule has 168 valence electrons. The number of rotatable bonds is 3. The molecule has 0 bridgehead atoms. The molecule has 1 amide bonds. The van der Waals surface area contributed by atoms with Crippen molar-refractivity contribution in [3.63, 3.8) is 0 Å². The SMILES string of the molecule is Cc1ccc(N2CCN(C3=NC(=O)/C(=C/c4ccc(-c5cc(Cl)ccc5Cl)o4)S3)CC2)cc1. The molecule has 2 aliphatic heterocycles. The van der Waals surface area contributed by atoms with Crippen molar-refractivity contribution in [1.29, 1.82) is 0 Å². The molecule has 0 N–H and O–H groups in total. The molecule has 0 aliphatic carbocycles. The summed E-state index contributed by atoms with van der Waals surface area (Å²) in [6.45, 7) is 5.50. The van der Waals surface area contributed by atoms with Gasteiger partial charge in [0.05, 0.1) is 9.93 Å². The first-order valence-corrected chi connectivity index (χ1v) is 12.2. The number of aliphatic imine (C=N–C) groups is 1. The molecule has 5 nitrogen and oxygen atoms in total. The van der Waals surface area contributed by atoms with Gasteiger partial charge < -0.3 is 14.2 Å². The molecular weight excluding hydrogens is 477 g/mol. The van der Waals surface area contributed by atoms with Crippen LogP contribution < -0.4 is 4.90 Å². The third-order valence-corrected chi connectivity index (χ3v) is 7.26. The van der Waals surface area contributed by atoms with E-state index in [2.05, 4.69) is 46.0 Å². The highest BCUT2D eigenvalue weighted by atomic mass is 35.5. The molecule has 8 heteroatoms. The van der Waals surface area contributed by atoms with Crippen molar-refractivity contribution in [3.05, 3.63) is 80.9 Å². The van der Waals surface area contributed by atoms with Crippen molar-refractivity contribution in [2.24, 2.45) is 4.99 Å². The monoisotopic (exact) mass is 497 g/mol. The molecule has 2 aliphatic rings. The lowest BCUT2D eigenvalue weighted by Gasteiger charge is -2.36. The Morgan fingerprint density at radius 2 is 1.70 bits per heavy atom. The Morgan fingerprint density at radius 1 is 0.970 bits per heavy atom. The molecule has 33 heavy (non-hydrogen) atoms. The normalized spacial score (nSPS) is 17.7. The minimum absolute atomic E-state index is 0.241. The van der Waals surface area contributed by atoms with Crippen molar-refractivity contribution in [2.45, 2.75) is 6.92 Å². The summed E-state index contributed by atoms with van der Waals surface area (Å²) in [5.74, 6) is 0.922. The van der Waals surface area contributed by atoms with Crippen molar-refractivity contribution < 1.29 is 9.21 Å². The number of amidine groups is 1. The van der Waals surface area contributed by atoms with Gasteiger partial charge in [0.15, 0.2) is 5.17 Å². The number of nitrogens with zero attached hydrogens (tertiary/aromatic N) is 3. The van der Waals surface area contributed by atoms with Gasteiger partial charge in [0.1, 0.15) is 11.5 Å². The molecule has 5 rings (SSSR count). The van der Waals surface area contributed by atoms with Gasteiger partial charge in [-0.3, -0.25) is 4.79 Å². The number of carbonyl (C=O) groups is 1. The van der Waals surface area contributed by atoms with Gasteiger partial charge in [0, 0.05) is 48.5 Å². The summed E-state index contributed by atoms with van der Waals surface area (Å²) in [4.78, 5) is 21.9. The average Bonchev–Trinajstić information content (AvgIpc) is 3.43. The molecule has 3 heterocycles. The number of hydrogen-bond donors (Lipinski definition) is 0. The summed E-state index contributed by atoms with van der Waals surface area (Å²) in [6, 6.07) is 17.4. The van der Waals surface area contributed by atoms with E-state index in [-0.39, 0.29) is 5.91 Å². The van der Waals surface area contributed by atoms with E-state index in [1.165, 1.54) is 23.0 Å². The minimum atomic E-state index is -0.241. The second kappa shape index (κ2) is 9.29. The first-order chi connectivity index (χ1) is 16.0. The zero-order valence-corrected chi connectivity index (χ0v) is 20.3. The molecule has 1 aromatic heterocycles. The zero-order valence-electron chi connectivity index (χ0n) is 17.9. The number of amides is 1. The smallest absolute Gasteiger partial charge is 0.286 e. The maximum atomic E-state index is 12.5. The van der Waals surface area contributed by atoms with E-state index in [0.717, 1.165) is 31.3 Å². The highest BCUT2D eigenvalue weighted by Gasteiger charge is 2.29. The standard InChI is InChI=1S/C25H21Cl2N3O2S/c1-16-2-5-18(6-3-16)29-10-12-30(13-11-29)25-28-24(31)23(33-25)15-19-7-9-22(32-19)20-14-17(26)4-8-21(20)27/h2-9,14-15H,10-13H2,1H3/b23-15-. The molecular formula is C25H21Cl2N3O2S. The van der Waals surface area contributed by atoms with Crippen LogP contribution in [-0.4, -0.2) is 42.2 Å². The van der Waals surface area contributed by atoms with E-state index < -0.39 is 0 Å². The molecule has 0 spiro atoms. The summed E-state index contributed by atoms with van der Waals surface area (Å²) in [6.07, 6.45) is 1.73. The van der Waals surface area contributed by atoms with Gasteiger partial charge in [0.25, 0.3) is 5.91 Å². The fraction of sp³-hybridized carbons (Fsp3) is 0.200. The summed E-state index contributed by atoms with van der Waals surface area (Å²) in [5, 5.41) is 1.88. The third-order valence-electron chi connectivity index (χ3n) is 5.65. The summed E-state index contributed by atoms with van der Waals surface area (Å²) >= 11 is 13.8. The van der Waals surface area contributed by atoms with Gasteiger partial charge in [-0.25, -0.2) is 0 Å². The van der Waals surface area contributed by atoms with E-state index in [0.29, 0.717) is 32.0 Å². The van der Waals surface area contributed by atoms with E-state index in [1.807, 2.05) is 12.1 Å². The lowest BCUT2D eigenvalue weighted by molar-refractivity contribution is -0.113. The van der Waals surface area contributed by atoms with Crippen LogP contribution in [0.25, 0.3) is 17.4 Å². The number of hydrogen-bond acceptors (Lipinski definition) is 5. The van der Waals surface area contributed by atoms with Crippen LogP contribution in [0.5, 0.6) is 0 Å². The van der Waals surface area contributed by atoms with E-state index in [9.17, 15) is 4.79 Å². The second-order valence-electron chi connectivity index (χ2n) is 7.95. The van der Waals surface area contributed by atoms with Crippen molar-refractivity contribution in [1.82, 2.24) is 4.90 Å². The van der Waals surface area contributed by atoms with E-state index >= 15 is 0 Å². The Labute approximate surface area is 206 Å². The molecule has 0 radical (unpaired) electrons. The lowest BCUT2D eigenvalue weighted by atomic mass is 10.2. The van der Waals surface area contributed by atoms with Crippen LogP contribution in [0.2, 0.25) is 10.0 Å². The van der Waals surface area contributed by atoms with Crippen molar-refractivity contribution >= 4 is 57.8 Å². The predicted molar refractivity (Wildman–Crippen MR) is 137 cm³/mol. The maximum Gasteiger partial charge on any atom is 0.286 e. The maximum absolute atomic E-state index is 12.5. The van der Waals surface area contributed by atoms with E-state index in [4.69, 9.17) is 27.6 Å². The third kappa shape index (κ3) is 4.83. The Balaban J connectivity index is 1.24. The first kappa shape index (κ1) is 22.1. The molecule has 0 saturated carbocycles. The van der Waals surface area contributed by atoms with Gasteiger partial charge in [-0.1, -0.05) is 40.9 Å². The lowest BCUT2D eigenvalue weighted by Crippen LogP contribution is -2.47. The van der Waals surface area contributed by atoms with Gasteiger partial charge >= 0.3 is 0 Å². The van der Waals surface area contributed by atoms with Crippen LogP contribution in [0.4, 0.5) is 5.69 Å². The van der Waals surface area contributed by atoms with Crippen LogP contribution in [0.15, 0.2) is 68.9 Å². The number of halogens is 2. The van der Waals surface area contributed by atoms with Gasteiger partial charge in [-0.15, -0.1) is 0 Å². The molecule has 0 atom stereocenters. The van der Waals surface area contributed by atoms with Gasteiger partial charge in [0.2, 0.25) is 0 Å². The fourth-order valence-corrected chi connectivity index (χ4v) is 5.16. The number of piperazine rings is 1. The highest BCUT2D eigenvalue weighted by molar-refractivity contribution is 8.18. The Bertz CT molecular complexity index is 1260. The van der Waals surface area contributed by atoms with Crippen molar-refractivity contribution in [3.8, 4) is 11.3 Å². The number of thioether (sulfide) groups is 1. The predicted octanol–water partition coefficient (Wildman–Crippen LogP) is 6.35. The number of aryl methyl sites for hydroxylation is 1. The zero-order chi connectivity index (χ0) is 22.9. The van der Waals surface area contributed by atoms with Crippen LogP contribution in [-0.2, 0) is 4.79 Å².